The Morgan fingerprint density at radius 1 is 1.24 bits per heavy atom. The standard InChI is InChI=1S/C16H18N2O3/c1-11-2-7-14(15(19)10-11)16(20)18-8-9-21-13-5-3-12(17)4-6-13/h2-7,10,19H,8-9,17H2,1H3,(H,18,20). The van der Waals surface area contributed by atoms with Crippen molar-refractivity contribution in [1.29, 1.82) is 0 Å². The summed E-state index contributed by atoms with van der Waals surface area (Å²) in [6, 6.07) is 12.0. The van der Waals surface area contributed by atoms with Crippen LogP contribution in [0.1, 0.15) is 15.9 Å². The molecule has 4 N–H and O–H groups in total. The van der Waals surface area contributed by atoms with E-state index in [4.69, 9.17) is 10.5 Å². The summed E-state index contributed by atoms with van der Waals surface area (Å²) in [6.45, 7) is 2.53. The highest BCUT2D eigenvalue weighted by Gasteiger charge is 2.10. The van der Waals surface area contributed by atoms with Crippen LogP contribution in [0, 0.1) is 6.92 Å². The fourth-order valence-corrected chi connectivity index (χ4v) is 1.83. The van der Waals surface area contributed by atoms with Gasteiger partial charge in [0.15, 0.2) is 0 Å². The summed E-state index contributed by atoms with van der Waals surface area (Å²) in [4.78, 5) is 11.9. The Bertz CT molecular complexity index is 624. The number of hydrogen-bond acceptors (Lipinski definition) is 4. The third-order valence-electron chi connectivity index (χ3n) is 2.93. The molecular weight excluding hydrogens is 268 g/mol. The van der Waals surface area contributed by atoms with Gasteiger partial charge in [0.25, 0.3) is 5.91 Å². The third kappa shape index (κ3) is 4.14. The molecule has 0 fully saturated rings. The molecule has 0 heterocycles. The van der Waals surface area contributed by atoms with E-state index in [2.05, 4.69) is 5.32 Å². The van der Waals surface area contributed by atoms with E-state index in [1.165, 1.54) is 0 Å². The molecule has 21 heavy (non-hydrogen) atoms. The number of nitrogens with two attached hydrogens (primary N) is 1. The number of phenols is 1. The smallest absolute Gasteiger partial charge is 0.255 e. The molecule has 0 aliphatic rings. The van der Waals surface area contributed by atoms with Crippen LogP contribution in [0.4, 0.5) is 5.69 Å². The zero-order valence-corrected chi connectivity index (χ0v) is 11.8. The Hall–Kier alpha value is -2.69. The van der Waals surface area contributed by atoms with Crippen molar-refractivity contribution in [3.63, 3.8) is 0 Å². The molecule has 0 aliphatic heterocycles. The maximum atomic E-state index is 11.9. The molecule has 2 rings (SSSR count). The van der Waals surface area contributed by atoms with Gasteiger partial charge in [-0.1, -0.05) is 6.07 Å². The van der Waals surface area contributed by atoms with Crippen LogP contribution < -0.4 is 15.8 Å². The average molecular weight is 286 g/mol. The molecule has 2 aromatic carbocycles. The van der Waals surface area contributed by atoms with Crippen molar-refractivity contribution in [2.75, 3.05) is 18.9 Å². The largest absolute Gasteiger partial charge is 0.507 e. The lowest BCUT2D eigenvalue weighted by atomic mass is 10.1. The van der Waals surface area contributed by atoms with Gasteiger partial charge < -0.3 is 20.9 Å². The molecular formula is C16H18N2O3. The Labute approximate surface area is 123 Å². The number of rotatable bonds is 5. The van der Waals surface area contributed by atoms with Crippen molar-refractivity contribution in [3.05, 3.63) is 53.6 Å². The Kier molecular flexibility index (Phi) is 4.66. The van der Waals surface area contributed by atoms with E-state index < -0.39 is 0 Å². The molecule has 0 aromatic heterocycles. The monoisotopic (exact) mass is 286 g/mol. The van der Waals surface area contributed by atoms with E-state index >= 15 is 0 Å². The minimum Gasteiger partial charge on any atom is -0.507 e. The zero-order valence-electron chi connectivity index (χ0n) is 11.8. The third-order valence-corrected chi connectivity index (χ3v) is 2.93. The molecule has 0 saturated heterocycles. The van der Waals surface area contributed by atoms with Gasteiger partial charge in [-0.15, -0.1) is 0 Å². The normalized spacial score (nSPS) is 10.1. The molecule has 0 unspecified atom stereocenters. The van der Waals surface area contributed by atoms with Crippen LogP contribution in [0.25, 0.3) is 0 Å². The molecule has 2 aromatic rings. The molecule has 0 radical (unpaired) electrons. The highest BCUT2D eigenvalue weighted by Crippen LogP contribution is 2.18. The van der Waals surface area contributed by atoms with Crippen molar-refractivity contribution in [2.24, 2.45) is 0 Å². The first kappa shape index (κ1) is 14.7. The highest BCUT2D eigenvalue weighted by molar-refractivity contribution is 5.96. The van der Waals surface area contributed by atoms with Crippen LogP contribution in [0.5, 0.6) is 11.5 Å². The number of nitrogen functional groups attached to an aromatic ring is 1. The van der Waals surface area contributed by atoms with E-state index in [9.17, 15) is 9.90 Å². The van der Waals surface area contributed by atoms with Crippen LogP contribution in [0.2, 0.25) is 0 Å². The molecule has 110 valence electrons. The van der Waals surface area contributed by atoms with E-state index in [0.29, 0.717) is 24.6 Å². The second-order valence-corrected chi connectivity index (χ2v) is 4.69. The van der Waals surface area contributed by atoms with Gasteiger partial charge in [0.2, 0.25) is 0 Å². The molecule has 5 nitrogen and oxygen atoms in total. The van der Waals surface area contributed by atoms with Crippen LogP contribution in [0.15, 0.2) is 42.5 Å². The van der Waals surface area contributed by atoms with Gasteiger partial charge in [-0.25, -0.2) is 0 Å². The number of nitrogens with one attached hydrogen (secondary N) is 1. The van der Waals surface area contributed by atoms with Gasteiger partial charge in [-0.3, -0.25) is 4.79 Å². The van der Waals surface area contributed by atoms with Crippen LogP contribution in [-0.4, -0.2) is 24.2 Å². The van der Waals surface area contributed by atoms with Crippen LogP contribution in [-0.2, 0) is 0 Å². The van der Waals surface area contributed by atoms with E-state index in [1.54, 1.807) is 42.5 Å². The highest BCUT2D eigenvalue weighted by atomic mass is 16.5. The maximum Gasteiger partial charge on any atom is 0.255 e. The van der Waals surface area contributed by atoms with Gasteiger partial charge >= 0.3 is 0 Å². The number of carbonyl (C=O) groups excluding carboxylic acids is 1. The number of amides is 1. The number of carbonyl (C=O) groups is 1. The Balaban J connectivity index is 1.80. The average Bonchev–Trinajstić information content (AvgIpc) is 2.45. The first-order valence-corrected chi connectivity index (χ1v) is 6.62. The van der Waals surface area contributed by atoms with E-state index in [0.717, 1.165) is 5.56 Å². The molecule has 0 aliphatic carbocycles. The van der Waals surface area contributed by atoms with Gasteiger partial charge in [0.1, 0.15) is 18.1 Å². The van der Waals surface area contributed by atoms with Crippen molar-refractivity contribution >= 4 is 11.6 Å². The lowest BCUT2D eigenvalue weighted by Crippen LogP contribution is -2.28. The number of anilines is 1. The Morgan fingerprint density at radius 3 is 2.62 bits per heavy atom. The first-order chi connectivity index (χ1) is 10.1. The van der Waals surface area contributed by atoms with Crippen molar-refractivity contribution in [3.8, 4) is 11.5 Å². The van der Waals surface area contributed by atoms with Gasteiger partial charge in [0, 0.05) is 5.69 Å². The number of aromatic hydroxyl groups is 1. The number of aryl methyl sites for hydroxylation is 1. The maximum absolute atomic E-state index is 11.9. The van der Waals surface area contributed by atoms with Crippen molar-refractivity contribution in [1.82, 2.24) is 5.32 Å². The lowest BCUT2D eigenvalue weighted by Gasteiger charge is -2.09. The fourth-order valence-electron chi connectivity index (χ4n) is 1.83. The molecule has 1 amide bonds. The molecule has 0 saturated carbocycles. The van der Waals surface area contributed by atoms with Crippen LogP contribution >= 0.6 is 0 Å². The summed E-state index contributed by atoms with van der Waals surface area (Å²) in [7, 11) is 0. The van der Waals surface area contributed by atoms with Crippen LogP contribution in [0.3, 0.4) is 0 Å². The zero-order chi connectivity index (χ0) is 15.2. The van der Waals surface area contributed by atoms with Gasteiger partial charge in [-0.2, -0.15) is 0 Å². The quantitative estimate of drug-likeness (QED) is 0.580. The number of benzene rings is 2. The topological polar surface area (TPSA) is 84.6 Å². The van der Waals surface area contributed by atoms with Gasteiger partial charge in [-0.05, 0) is 48.9 Å². The summed E-state index contributed by atoms with van der Waals surface area (Å²) < 4.78 is 5.46. The second kappa shape index (κ2) is 6.65. The lowest BCUT2D eigenvalue weighted by molar-refractivity contribution is 0.0944. The summed E-state index contributed by atoms with van der Waals surface area (Å²) in [6.07, 6.45) is 0. The van der Waals surface area contributed by atoms with Crippen molar-refractivity contribution in [2.45, 2.75) is 6.92 Å². The molecule has 5 heteroatoms. The second-order valence-electron chi connectivity index (χ2n) is 4.69. The predicted octanol–water partition coefficient (Wildman–Crippen LogP) is 2.09. The SMILES string of the molecule is Cc1ccc(C(=O)NCCOc2ccc(N)cc2)c(O)c1. The number of hydrogen-bond donors (Lipinski definition) is 3. The van der Waals surface area contributed by atoms with E-state index in [-0.39, 0.29) is 17.2 Å². The minimum atomic E-state index is -0.326. The van der Waals surface area contributed by atoms with Gasteiger partial charge in [0.05, 0.1) is 12.1 Å². The summed E-state index contributed by atoms with van der Waals surface area (Å²) in [5.41, 5.74) is 7.40. The van der Waals surface area contributed by atoms with Crippen molar-refractivity contribution < 1.29 is 14.6 Å². The molecule has 0 spiro atoms. The summed E-state index contributed by atoms with van der Waals surface area (Å²) in [5.74, 6) is 0.344. The minimum absolute atomic E-state index is 0.0213. The summed E-state index contributed by atoms with van der Waals surface area (Å²) >= 11 is 0. The number of phenolic OH excluding ortho intramolecular Hbond substituents is 1. The Morgan fingerprint density at radius 2 is 1.95 bits per heavy atom. The molecule has 0 bridgehead atoms. The summed E-state index contributed by atoms with van der Waals surface area (Å²) in [5, 5.41) is 12.4. The first-order valence-electron chi connectivity index (χ1n) is 6.62. The molecule has 0 atom stereocenters. The number of ether oxygens (including phenoxy) is 1. The fraction of sp³-hybridized carbons (Fsp3) is 0.188. The van der Waals surface area contributed by atoms with E-state index in [1.807, 2.05) is 6.92 Å². The predicted molar refractivity (Wildman–Crippen MR) is 81.5 cm³/mol.